The van der Waals surface area contributed by atoms with Crippen molar-refractivity contribution in [2.24, 2.45) is 5.73 Å². The Kier molecular flexibility index (Phi) is 7.21. The zero-order valence-electron chi connectivity index (χ0n) is 14.2. The third kappa shape index (κ3) is 5.02. The summed E-state index contributed by atoms with van der Waals surface area (Å²) in [6.07, 6.45) is 4.99. The molecule has 0 spiro atoms. The van der Waals surface area contributed by atoms with E-state index in [9.17, 15) is 13.2 Å². The van der Waals surface area contributed by atoms with Crippen LogP contribution in [0.25, 0.3) is 0 Å². The van der Waals surface area contributed by atoms with E-state index in [1.165, 1.54) is 15.6 Å². The second-order valence-electron chi connectivity index (χ2n) is 6.15. The molecule has 1 fully saturated rings. The van der Waals surface area contributed by atoms with E-state index in [2.05, 4.69) is 12.2 Å². The molecule has 1 aromatic rings. The minimum atomic E-state index is -3.39. The summed E-state index contributed by atoms with van der Waals surface area (Å²) in [4.78, 5) is 12.9. The SMILES string of the molecule is CCCCC(CN)NC(=O)Cc1ccc(S(=O)(=O)N2CCCC2)s1. The first-order valence-electron chi connectivity index (χ1n) is 8.55. The summed E-state index contributed by atoms with van der Waals surface area (Å²) in [7, 11) is -3.39. The Labute approximate surface area is 148 Å². The van der Waals surface area contributed by atoms with Gasteiger partial charge in [-0.25, -0.2) is 8.42 Å². The van der Waals surface area contributed by atoms with Crippen molar-refractivity contribution in [3.8, 4) is 0 Å². The number of nitrogens with zero attached hydrogens (tertiary/aromatic N) is 1. The van der Waals surface area contributed by atoms with E-state index in [0.717, 1.165) is 37.0 Å². The lowest BCUT2D eigenvalue weighted by atomic mass is 10.1. The van der Waals surface area contributed by atoms with Crippen LogP contribution in [0.5, 0.6) is 0 Å². The summed E-state index contributed by atoms with van der Waals surface area (Å²) >= 11 is 1.19. The molecule has 0 aromatic carbocycles. The molecule has 3 N–H and O–H groups in total. The maximum Gasteiger partial charge on any atom is 0.252 e. The highest BCUT2D eigenvalue weighted by atomic mass is 32.2. The largest absolute Gasteiger partial charge is 0.352 e. The van der Waals surface area contributed by atoms with Gasteiger partial charge in [-0.05, 0) is 31.4 Å². The highest BCUT2D eigenvalue weighted by Gasteiger charge is 2.28. The van der Waals surface area contributed by atoms with E-state index in [4.69, 9.17) is 5.73 Å². The molecule has 0 saturated carbocycles. The first-order valence-corrected chi connectivity index (χ1v) is 10.8. The molecule has 0 aliphatic carbocycles. The lowest BCUT2D eigenvalue weighted by molar-refractivity contribution is -0.121. The van der Waals surface area contributed by atoms with Crippen LogP contribution in [0.1, 0.15) is 43.9 Å². The smallest absolute Gasteiger partial charge is 0.252 e. The van der Waals surface area contributed by atoms with Crippen LogP contribution >= 0.6 is 11.3 Å². The molecule has 1 saturated heterocycles. The van der Waals surface area contributed by atoms with Crippen molar-refractivity contribution in [2.75, 3.05) is 19.6 Å². The molecular weight excluding hydrogens is 346 g/mol. The maximum atomic E-state index is 12.5. The fourth-order valence-corrected chi connectivity index (χ4v) is 5.81. The van der Waals surface area contributed by atoms with E-state index >= 15 is 0 Å². The molecule has 6 nitrogen and oxygen atoms in total. The quantitative estimate of drug-likeness (QED) is 0.689. The summed E-state index contributed by atoms with van der Waals surface area (Å²) in [5.41, 5.74) is 5.69. The zero-order chi connectivity index (χ0) is 17.6. The number of carbonyl (C=O) groups is 1. The second kappa shape index (κ2) is 8.94. The number of sulfonamides is 1. The predicted molar refractivity (Wildman–Crippen MR) is 96.5 cm³/mol. The average Bonchev–Trinajstić information content (AvgIpc) is 3.23. The predicted octanol–water partition coefficient (Wildman–Crippen LogP) is 1.71. The number of nitrogens with one attached hydrogen (secondary N) is 1. The number of nitrogens with two attached hydrogens (primary N) is 1. The molecular formula is C16H27N3O3S2. The summed E-state index contributed by atoms with van der Waals surface area (Å²) in [5, 5.41) is 2.94. The lowest BCUT2D eigenvalue weighted by Crippen LogP contribution is -2.40. The Morgan fingerprint density at radius 2 is 2.08 bits per heavy atom. The van der Waals surface area contributed by atoms with Crippen molar-refractivity contribution in [3.05, 3.63) is 17.0 Å². The van der Waals surface area contributed by atoms with Crippen molar-refractivity contribution in [1.29, 1.82) is 0 Å². The van der Waals surface area contributed by atoms with Crippen molar-refractivity contribution >= 4 is 27.3 Å². The zero-order valence-corrected chi connectivity index (χ0v) is 15.8. The summed E-state index contributed by atoms with van der Waals surface area (Å²) in [5.74, 6) is -0.103. The number of unbranched alkanes of at least 4 members (excludes halogenated alkanes) is 1. The van der Waals surface area contributed by atoms with Gasteiger partial charge in [-0.1, -0.05) is 19.8 Å². The number of carbonyl (C=O) groups excluding carboxylic acids is 1. The summed E-state index contributed by atoms with van der Waals surface area (Å²) in [6.45, 7) is 3.70. The van der Waals surface area contributed by atoms with E-state index < -0.39 is 10.0 Å². The highest BCUT2D eigenvalue weighted by Crippen LogP contribution is 2.27. The lowest BCUT2D eigenvalue weighted by Gasteiger charge is -2.16. The standard InChI is InChI=1S/C16H27N3O3S2/c1-2-3-6-13(12-17)18-15(20)11-14-7-8-16(23-14)24(21,22)19-9-4-5-10-19/h7-8,13H,2-6,9-12,17H2,1H3,(H,18,20). The average molecular weight is 374 g/mol. The normalized spacial score (nSPS) is 17.1. The molecule has 2 heterocycles. The van der Waals surface area contributed by atoms with Crippen molar-refractivity contribution in [1.82, 2.24) is 9.62 Å². The molecule has 0 radical (unpaired) electrons. The molecule has 1 atom stereocenters. The topological polar surface area (TPSA) is 92.5 Å². The fraction of sp³-hybridized carbons (Fsp3) is 0.688. The van der Waals surface area contributed by atoms with Gasteiger partial charge >= 0.3 is 0 Å². The number of amides is 1. The van der Waals surface area contributed by atoms with Crippen LogP contribution in [0.4, 0.5) is 0 Å². The van der Waals surface area contributed by atoms with Gasteiger partial charge < -0.3 is 11.1 Å². The Morgan fingerprint density at radius 3 is 2.71 bits per heavy atom. The van der Waals surface area contributed by atoms with Crippen LogP contribution < -0.4 is 11.1 Å². The van der Waals surface area contributed by atoms with Crippen LogP contribution in [-0.2, 0) is 21.2 Å². The van der Waals surface area contributed by atoms with Crippen LogP contribution in [0.15, 0.2) is 16.3 Å². The summed E-state index contributed by atoms with van der Waals surface area (Å²) in [6, 6.07) is 3.33. The Bertz CT molecular complexity index is 637. The van der Waals surface area contributed by atoms with E-state index in [1.54, 1.807) is 12.1 Å². The van der Waals surface area contributed by atoms with Crippen LogP contribution in [-0.4, -0.2) is 44.3 Å². The van der Waals surface area contributed by atoms with Crippen molar-refractivity contribution in [3.63, 3.8) is 0 Å². The van der Waals surface area contributed by atoms with Gasteiger partial charge in [0.2, 0.25) is 5.91 Å². The second-order valence-corrected chi connectivity index (χ2v) is 9.48. The fourth-order valence-electron chi connectivity index (χ4n) is 2.78. The van der Waals surface area contributed by atoms with Crippen molar-refractivity contribution in [2.45, 2.75) is 55.7 Å². The van der Waals surface area contributed by atoms with Gasteiger partial charge in [0.25, 0.3) is 10.0 Å². The molecule has 0 bridgehead atoms. The minimum Gasteiger partial charge on any atom is -0.352 e. The molecule has 24 heavy (non-hydrogen) atoms. The van der Waals surface area contributed by atoms with Crippen LogP contribution in [0.3, 0.4) is 0 Å². The van der Waals surface area contributed by atoms with Gasteiger partial charge in [0.1, 0.15) is 4.21 Å². The van der Waals surface area contributed by atoms with Crippen LogP contribution in [0.2, 0.25) is 0 Å². The molecule has 1 unspecified atom stereocenters. The Hall–Kier alpha value is -0.960. The molecule has 1 aromatic heterocycles. The monoisotopic (exact) mass is 373 g/mol. The van der Waals surface area contributed by atoms with E-state index in [-0.39, 0.29) is 18.4 Å². The van der Waals surface area contributed by atoms with Crippen LogP contribution in [0, 0.1) is 0 Å². The van der Waals surface area contributed by atoms with Gasteiger partial charge in [-0.3, -0.25) is 4.79 Å². The number of rotatable bonds is 9. The molecule has 1 aliphatic rings. The number of thiophene rings is 1. The third-order valence-electron chi connectivity index (χ3n) is 4.19. The molecule has 1 aliphatic heterocycles. The van der Waals surface area contributed by atoms with Gasteiger partial charge in [-0.2, -0.15) is 4.31 Å². The maximum absolute atomic E-state index is 12.5. The van der Waals surface area contributed by atoms with Gasteiger partial charge in [0, 0.05) is 30.6 Å². The van der Waals surface area contributed by atoms with Crippen molar-refractivity contribution < 1.29 is 13.2 Å². The molecule has 2 rings (SSSR count). The minimum absolute atomic E-state index is 0.00906. The Morgan fingerprint density at radius 1 is 1.38 bits per heavy atom. The molecule has 1 amide bonds. The first kappa shape index (κ1) is 19.4. The molecule has 8 heteroatoms. The van der Waals surface area contributed by atoms with Gasteiger partial charge in [0.15, 0.2) is 0 Å². The molecule has 136 valence electrons. The highest BCUT2D eigenvalue weighted by molar-refractivity contribution is 7.91. The third-order valence-corrected chi connectivity index (χ3v) is 7.64. The number of hydrogen-bond acceptors (Lipinski definition) is 5. The van der Waals surface area contributed by atoms with Gasteiger partial charge in [0.05, 0.1) is 6.42 Å². The number of hydrogen-bond donors (Lipinski definition) is 2. The van der Waals surface area contributed by atoms with E-state index in [1.807, 2.05) is 0 Å². The summed E-state index contributed by atoms with van der Waals surface area (Å²) < 4.78 is 26.8. The van der Waals surface area contributed by atoms with Gasteiger partial charge in [-0.15, -0.1) is 11.3 Å². The first-order chi connectivity index (χ1) is 11.5. The van der Waals surface area contributed by atoms with E-state index in [0.29, 0.717) is 23.8 Å². The Balaban J connectivity index is 1.94.